The number of hydrogen-bond acceptors (Lipinski definition) is 2. The Morgan fingerprint density at radius 1 is 1.27 bits per heavy atom. The molecule has 0 aromatic carbocycles. The van der Waals surface area contributed by atoms with Crippen molar-refractivity contribution in [3.63, 3.8) is 0 Å². The monoisotopic (exact) mass is 156 g/mol. The second kappa shape index (κ2) is 3.55. The van der Waals surface area contributed by atoms with Crippen LogP contribution in [0.2, 0.25) is 0 Å². The Balaban J connectivity index is 2.28. The van der Waals surface area contributed by atoms with Crippen molar-refractivity contribution >= 4 is 0 Å². The molecule has 1 rings (SSSR count). The molecule has 1 N–H and O–H groups in total. The fraction of sp³-hybridized carbons (Fsp3) is 1.00. The molecule has 0 amide bonds. The van der Waals surface area contributed by atoms with Crippen LogP contribution in [0, 0.1) is 0 Å². The number of nitrogens with one attached hydrogen (secondary N) is 1. The van der Waals surface area contributed by atoms with E-state index in [-0.39, 0.29) is 5.54 Å². The summed E-state index contributed by atoms with van der Waals surface area (Å²) in [4.78, 5) is 2.54. The van der Waals surface area contributed by atoms with Crippen LogP contribution in [0.25, 0.3) is 0 Å². The molecule has 1 aliphatic rings. The van der Waals surface area contributed by atoms with Crippen molar-refractivity contribution in [2.75, 3.05) is 26.7 Å². The van der Waals surface area contributed by atoms with Gasteiger partial charge in [0.05, 0.1) is 0 Å². The number of likely N-dealkylation sites (N-methyl/N-ethyl adjacent to an activating group) is 1. The fourth-order valence-electron chi connectivity index (χ4n) is 1.58. The van der Waals surface area contributed by atoms with Gasteiger partial charge in [-0.1, -0.05) is 0 Å². The molecule has 0 aliphatic carbocycles. The lowest BCUT2D eigenvalue weighted by atomic mass is 10.1. The third-order valence-corrected chi connectivity index (χ3v) is 2.49. The summed E-state index contributed by atoms with van der Waals surface area (Å²) in [6.45, 7) is 8.29. The Morgan fingerprint density at radius 3 is 2.27 bits per heavy atom. The van der Waals surface area contributed by atoms with Crippen LogP contribution in [0.4, 0.5) is 0 Å². The van der Waals surface area contributed by atoms with Crippen LogP contribution in [0.15, 0.2) is 0 Å². The van der Waals surface area contributed by atoms with E-state index in [4.69, 9.17) is 0 Å². The van der Waals surface area contributed by atoms with Crippen LogP contribution in [-0.2, 0) is 0 Å². The predicted molar refractivity (Wildman–Crippen MR) is 48.8 cm³/mol. The summed E-state index contributed by atoms with van der Waals surface area (Å²) in [5, 5.41) is 3.33. The normalized spacial score (nSPS) is 21.0. The first-order valence-electron chi connectivity index (χ1n) is 4.55. The number of hydrogen-bond donors (Lipinski definition) is 1. The largest absolute Gasteiger partial charge is 0.314 e. The van der Waals surface area contributed by atoms with Crippen molar-refractivity contribution in [1.29, 1.82) is 0 Å². The summed E-state index contributed by atoms with van der Waals surface area (Å²) < 4.78 is 0. The minimum absolute atomic E-state index is 0.282. The first-order chi connectivity index (χ1) is 5.14. The highest BCUT2D eigenvalue weighted by Gasteiger charge is 2.21. The minimum atomic E-state index is 0.282. The van der Waals surface area contributed by atoms with E-state index in [9.17, 15) is 0 Å². The number of rotatable bonds is 3. The van der Waals surface area contributed by atoms with Gasteiger partial charge in [0.2, 0.25) is 0 Å². The molecule has 0 aromatic rings. The first kappa shape index (κ1) is 9.01. The molecule has 0 bridgehead atoms. The molecule has 0 atom stereocenters. The average Bonchev–Trinajstić information content (AvgIpc) is 2.39. The molecule has 0 spiro atoms. The summed E-state index contributed by atoms with van der Waals surface area (Å²) in [5.74, 6) is 0. The molecule has 2 heteroatoms. The van der Waals surface area contributed by atoms with Gasteiger partial charge in [0.25, 0.3) is 0 Å². The lowest BCUT2D eigenvalue weighted by molar-refractivity contribution is 0.245. The maximum atomic E-state index is 3.33. The van der Waals surface area contributed by atoms with Crippen molar-refractivity contribution in [1.82, 2.24) is 10.2 Å². The lowest BCUT2D eigenvalue weighted by Crippen LogP contribution is -2.46. The highest BCUT2D eigenvalue weighted by atomic mass is 15.2. The Morgan fingerprint density at radius 2 is 1.82 bits per heavy atom. The van der Waals surface area contributed by atoms with Crippen molar-refractivity contribution in [2.24, 2.45) is 0 Å². The Labute approximate surface area is 70.0 Å². The highest BCUT2D eigenvalue weighted by molar-refractivity contribution is 4.81. The third kappa shape index (κ3) is 2.80. The third-order valence-electron chi connectivity index (χ3n) is 2.49. The molecule has 0 radical (unpaired) electrons. The molecular formula is C9H20N2. The van der Waals surface area contributed by atoms with E-state index >= 15 is 0 Å². The number of nitrogens with zero attached hydrogens (tertiary/aromatic N) is 1. The van der Waals surface area contributed by atoms with E-state index in [0.29, 0.717) is 0 Å². The Bertz CT molecular complexity index is 115. The second-order valence-corrected chi connectivity index (χ2v) is 4.12. The molecular weight excluding hydrogens is 136 g/mol. The average molecular weight is 156 g/mol. The van der Waals surface area contributed by atoms with E-state index < -0.39 is 0 Å². The molecule has 0 saturated carbocycles. The smallest absolute Gasteiger partial charge is 0.0249 e. The zero-order chi connectivity index (χ0) is 8.32. The van der Waals surface area contributed by atoms with Crippen LogP contribution in [0.5, 0.6) is 0 Å². The molecule has 0 unspecified atom stereocenters. The second-order valence-electron chi connectivity index (χ2n) is 4.12. The van der Waals surface area contributed by atoms with Gasteiger partial charge in [-0.25, -0.2) is 0 Å². The minimum Gasteiger partial charge on any atom is -0.314 e. The maximum absolute atomic E-state index is 3.33. The first-order valence-corrected chi connectivity index (χ1v) is 4.55. The van der Waals surface area contributed by atoms with E-state index in [1.165, 1.54) is 32.5 Å². The van der Waals surface area contributed by atoms with Gasteiger partial charge in [-0.2, -0.15) is 0 Å². The zero-order valence-electron chi connectivity index (χ0n) is 7.98. The molecule has 66 valence electrons. The Hall–Kier alpha value is -0.0800. The maximum Gasteiger partial charge on any atom is 0.0249 e. The quantitative estimate of drug-likeness (QED) is 0.658. The van der Waals surface area contributed by atoms with Crippen LogP contribution >= 0.6 is 0 Å². The Kier molecular flexibility index (Phi) is 2.90. The van der Waals surface area contributed by atoms with Gasteiger partial charge in [-0.05, 0) is 46.8 Å². The van der Waals surface area contributed by atoms with Crippen molar-refractivity contribution < 1.29 is 0 Å². The molecule has 2 nitrogen and oxygen atoms in total. The summed E-state index contributed by atoms with van der Waals surface area (Å²) >= 11 is 0. The van der Waals surface area contributed by atoms with Gasteiger partial charge in [0, 0.05) is 12.1 Å². The fourth-order valence-corrected chi connectivity index (χ4v) is 1.58. The zero-order valence-corrected chi connectivity index (χ0v) is 7.98. The van der Waals surface area contributed by atoms with Crippen molar-refractivity contribution in [3.05, 3.63) is 0 Å². The van der Waals surface area contributed by atoms with Crippen LogP contribution in [0.3, 0.4) is 0 Å². The molecule has 1 aliphatic heterocycles. The van der Waals surface area contributed by atoms with Gasteiger partial charge in [0.15, 0.2) is 0 Å². The van der Waals surface area contributed by atoms with Gasteiger partial charge in [-0.15, -0.1) is 0 Å². The molecule has 1 heterocycles. The van der Waals surface area contributed by atoms with Gasteiger partial charge >= 0.3 is 0 Å². The summed E-state index contributed by atoms with van der Waals surface area (Å²) in [5.41, 5.74) is 0.282. The van der Waals surface area contributed by atoms with E-state index in [1.54, 1.807) is 0 Å². The molecule has 1 saturated heterocycles. The predicted octanol–water partition coefficient (Wildman–Crippen LogP) is 1.08. The van der Waals surface area contributed by atoms with Crippen molar-refractivity contribution in [2.45, 2.75) is 32.2 Å². The van der Waals surface area contributed by atoms with Gasteiger partial charge in [0.1, 0.15) is 0 Å². The van der Waals surface area contributed by atoms with Gasteiger partial charge in [-0.3, -0.25) is 0 Å². The van der Waals surface area contributed by atoms with Crippen LogP contribution in [-0.4, -0.2) is 37.1 Å². The van der Waals surface area contributed by atoms with Crippen LogP contribution in [0.1, 0.15) is 26.7 Å². The standard InChI is InChI=1S/C9H20N2/c1-9(2,10-3)8-11-6-4-5-7-11/h10H,4-8H2,1-3H3. The van der Waals surface area contributed by atoms with Crippen molar-refractivity contribution in [3.8, 4) is 0 Å². The van der Waals surface area contributed by atoms with Gasteiger partial charge < -0.3 is 10.2 Å². The van der Waals surface area contributed by atoms with Crippen LogP contribution < -0.4 is 5.32 Å². The molecule has 11 heavy (non-hydrogen) atoms. The van der Waals surface area contributed by atoms with E-state index in [0.717, 1.165) is 0 Å². The highest BCUT2D eigenvalue weighted by Crippen LogP contribution is 2.11. The topological polar surface area (TPSA) is 15.3 Å². The number of likely N-dealkylation sites (tertiary alicyclic amines) is 1. The SMILES string of the molecule is CNC(C)(C)CN1CCCC1. The lowest BCUT2D eigenvalue weighted by Gasteiger charge is -2.29. The summed E-state index contributed by atoms with van der Waals surface area (Å²) in [7, 11) is 2.04. The van der Waals surface area contributed by atoms with E-state index in [1.807, 2.05) is 7.05 Å². The molecule has 0 aromatic heterocycles. The summed E-state index contributed by atoms with van der Waals surface area (Å²) in [6, 6.07) is 0. The molecule has 1 fully saturated rings. The van der Waals surface area contributed by atoms with E-state index in [2.05, 4.69) is 24.1 Å². The summed E-state index contributed by atoms with van der Waals surface area (Å²) in [6.07, 6.45) is 2.78.